The summed E-state index contributed by atoms with van der Waals surface area (Å²) in [7, 11) is 0. The van der Waals surface area contributed by atoms with Crippen molar-refractivity contribution in [3.05, 3.63) is 36.1 Å². The largest absolute Gasteiger partial charge is 0.374 e. The van der Waals surface area contributed by atoms with Gasteiger partial charge in [0, 0.05) is 25.8 Å². The number of aliphatic imine (C=N–C) groups is 1. The van der Waals surface area contributed by atoms with Crippen LogP contribution in [0.5, 0.6) is 0 Å². The molecule has 0 fully saturated rings. The highest BCUT2D eigenvalue weighted by molar-refractivity contribution is 5.74. The topological polar surface area (TPSA) is 15.6 Å². The number of rotatable bonds is 2. The third kappa shape index (κ3) is 1.95. The van der Waals surface area contributed by atoms with Crippen LogP contribution in [0.25, 0.3) is 0 Å². The van der Waals surface area contributed by atoms with Crippen molar-refractivity contribution in [2.45, 2.75) is 12.8 Å². The fourth-order valence-electron chi connectivity index (χ4n) is 1.90. The van der Waals surface area contributed by atoms with Crippen LogP contribution in [-0.4, -0.2) is 30.7 Å². The van der Waals surface area contributed by atoms with Gasteiger partial charge in [-0.1, -0.05) is 12.7 Å². The minimum atomic E-state index is 0.953. The van der Waals surface area contributed by atoms with Gasteiger partial charge in [-0.25, -0.2) is 0 Å². The van der Waals surface area contributed by atoms with Gasteiger partial charge in [-0.15, -0.1) is 0 Å². The first-order chi connectivity index (χ1) is 6.90. The summed E-state index contributed by atoms with van der Waals surface area (Å²) in [6.45, 7) is 6.84. The first-order valence-electron chi connectivity index (χ1n) is 5.15. The van der Waals surface area contributed by atoms with E-state index in [1.165, 1.54) is 11.1 Å². The summed E-state index contributed by atoms with van der Waals surface area (Å²) in [6.07, 6.45) is 10.6. The van der Waals surface area contributed by atoms with Gasteiger partial charge in [0.15, 0.2) is 0 Å². The predicted octanol–water partition coefficient (Wildman–Crippen LogP) is 2.16. The van der Waals surface area contributed by atoms with E-state index in [0.717, 1.165) is 32.5 Å². The first-order valence-corrected chi connectivity index (χ1v) is 5.15. The van der Waals surface area contributed by atoms with E-state index in [4.69, 9.17) is 0 Å². The van der Waals surface area contributed by atoms with Crippen LogP contribution < -0.4 is 0 Å². The molecule has 0 spiro atoms. The molecule has 2 rings (SSSR count). The zero-order valence-electron chi connectivity index (χ0n) is 8.45. The van der Waals surface area contributed by atoms with Crippen molar-refractivity contribution in [2.75, 3.05) is 19.6 Å². The zero-order chi connectivity index (χ0) is 9.80. The third-order valence-corrected chi connectivity index (χ3v) is 2.80. The van der Waals surface area contributed by atoms with E-state index in [-0.39, 0.29) is 0 Å². The highest BCUT2D eigenvalue weighted by Crippen LogP contribution is 2.22. The minimum absolute atomic E-state index is 0.953. The van der Waals surface area contributed by atoms with Crippen LogP contribution in [-0.2, 0) is 0 Å². The van der Waals surface area contributed by atoms with Gasteiger partial charge in [0.1, 0.15) is 0 Å². The Kier molecular flexibility index (Phi) is 2.82. The zero-order valence-corrected chi connectivity index (χ0v) is 8.45. The van der Waals surface area contributed by atoms with Crippen molar-refractivity contribution < 1.29 is 0 Å². The molecule has 0 atom stereocenters. The summed E-state index contributed by atoms with van der Waals surface area (Å²) in [5, 5.41) is 0. The van der Waals surface area contributed by atoms with Crippen molar-refractivity contribution in [3.63, 3.8) is 0 Å². The third-order valence-electron chi connectivity index (χ3n) is 2.80. The molecule has 0 radical (unpaired) electrons. The van der Waals surface area contributed by atoms with Gasteiger partial charge in [-0.2, -0.15) is 0 Å². The van der Waals surface area contributed by atoms with Gasteiger partial charge in [-0.3, -0.25) is 4.99 Å². The number of hydrogen-bond acceptors (Lipinski definition) is 2. The second-order valence-corrected chi connectivity index (χ2v) is 3.65. The van der Waals surface area contributed by atoms with Gasteiger partial charge in [0.2, 0.25) is 0 Å². The predicted molar refractivity (Wildman–Crippen MR) is 60.5 cm³/mol. The van der Waals surface area contributed by atoms with Crippen LogP contribution in [0, 0.1) is 0 Å². The smallest absolute Gasteiger partial charge is 0.0429 e. The summed E-state index contributed by atoms with van der Waals surface area (Å²) in [6, 6.07) is 0. The maximum absolute atomic E-state index is 4.20. The Morgan fingerprint density at radius 2 is 2.29 bits per heavy atom. The number of allylic oxidation sites excluding steroid dienone is 1. The normalized spacial score (nSPS) is 21.6. The summed E-state index contributed by atoms with van der Waals surface area (Å²) in [5.41, 5.74) is 2.98. The molecule has 74 valence electrons. The highest BCUT2D eigenvalue weighted by atomic mass is 15.1. The summed E-state index contributed by atoms with van der Waals surface area (Å²) >= 11 is 0. The molecule has 0 unspecified atom stereocenters. The maximum atomic E-state index is 4.20. The van der Waals surface area contributed by atoms with Crippen LogP contribution >= 0.6 is 0 Å². The number of nitrogens with zero attached hydrogens (tertiary/aromatic N) is 2. The monoisotopic (exact) mass is 188 g/mol. The van der Waals surface area contributed by atoms with Crippen LogP contribution in [0.2, 0.25) is 0 Å². The lowest BCUT2D eigenvalue weighted by molar-refractivity contribution is 0.404. The molecule has 2 heteroatoms. The summed E-state index contributed by atoms with van der Waals surface area (Å²) in [5.74, 6) is 0. The van der Waals surface area contributed by atoms with Crippen molar-refractivity contribution >= 4 is 6.21 Å². The molecule has 0 saturated heterocycles. The van der Waals surface area contributed by atoms with E-state index in [0.29, 0.717) is 0 Å². The van der Waals surface area contributed by atoms with Gasteiger partial charge in [0.25, 0.3) is 0 Å². The van der Waals surface area contributed by atoms with Gasteiger partial charge >= 0.3 is 0 Å². The molecule has 0 aromatic carbocycles. The number of hydrogen-bond donors (Lipinski definition) is 0. The van der Waals surface area contributed by atoms with Crippen molar-refractivity contribution in [1.82, 2.24) is 4.90 Å². The van der Waals surface area contributed by atoms with Crippen LogP contribution in [0.15, 0.2) is 41.1 Å². The molecule has 0 aromatic rings. The van der Waals surface area contributed by atoms with E-state index in [9.17, 15) is 0 Å². The lowest BCUT2D eigenvalue weighted by Gasteiger charge is -2.26. The van der Waals surface area contributed by atoms with E-state index in [1.54, 1.807) is 0 Å². The van der Waals surface area contributed by atoms with Gasteiger partial charge in [0.05, 0.1) is 0 Å². The van der Waals surface area contributed by atoms with Crippen molar-refractivity contribution in [2.24, 2.45) is 4.99 Å². The SMILES string of the molecule is C=CN1CC=C(C2=CC=NCC2)CC1. The molecule has 2 nitrogen and oxygen atoms in total. The van der Waals surface area contributed by atoms with Crippen molar-refractivity contribution in [3.8, 4) is 0 Å². The van der Waals surface area contributed by atoms with Gasteiger partial charge in [-0.05, 0) is 36.3 Å². The molecule has 2 aliphatic heterocycles. The molecule has 2 heterocycles. The molecule has 14 heavy (non-hydrogen) atoms. The lowest BCUT2D eigenvalue weighted by Crippen LogP contribution is -2.23. The van der Waals surface area contributed by atoms with Gasteiger partial charge < -0.3 is 4.90 Å². The lowest BCUT2D eigenvalue weighted by atomic mass is 9.96. The Balaban J connectivity index is 2.05. The van der Waals surface area contributed by atoms with E-state index >= 15 is 0 Å². The molecule has 0 aliphatic carbocycles. The molecule has 0 saturated carbocycles. The number of dihydropyridines is 1. The molecule has 0 bridgehead atoms. The average Bonchev–Trinajstić information content (AvgIpc) is 2.30. The summed E-state index contributed by atoms with van der Waals surface area (Å²) in [4.78, 5) is 6.44. The maximum Gasteiger partial charge on any atom is 0.0429 e. The van der Waals surface area contributed by atoms with E-state index < -0.39 is 0 Å². The quantitative estimate of drug-likeness (QED) is 0.648. The van der Waals surface area contributed by atoms with E-state index in [1.807, 2.05) is 12.4 Å². The standard InChI is InChI=1S/C12H16N2/c1-2-14-9-5-12(6-10-14)11-3-7-13-8-4-11/h2-3,5,7H,1,4,6,8-10H2. The van der Waals surface area contributed by atoms with Crippen LogP contribution in [0.1, 0.15) is 12.8 Å². The fraction of sp³-hybridized carbons (Fsp3) is 0.417. The minimum Gasteiger partial charge on any atom is -0.374 e. The van der Waals surface area contributed by atoms with E-state index in [2.05, 4.69) is 28.6 Å². The average molecular weight is 188 g/mol. The fourth-order valence-corrected chi connectivity index (χ4v) is 1.90. The van der Waals surface area contributed by atoms with Crippen LogP contribution in [0.3, 0.4) is 0 Å². The van der Waals surface area contributed by atoms with Crippen molar-refractivity contribution in [1.29, 1.82) is 0 Å². The summed E-state index contributed by atoms with van der Waals surface area (Å²) < 4.78 is 0. The Morgan fingerprint density at radius 1 is 1.36 bits per heavy atom. The van der Waals surface area contributed by atoms with Crippen LogP contribution in [0.4, 0.5) is 0 Å². The Bertz CT molecular complexity index is 310. The molecule has 0 aromatic heterocycles. The molecule has 2 aliphatic rings. The molecular formula is C12H16N2. The second-order valence-electron chi connectivity index (χ2n) is 3.65. The molecule has 0 N–H and O–H groups in total. The molecule has 0 amide bonds. The Morgan fingerprint density at radius 3 is 2.86 bits per heavy atom. The first kappa shape index (κ1) is 9.25. The molecular weight excluding hydrogens is 172 g/mol. The highest BCUT2D eigenvalue weighted by Gasteiger charge is 2.12. The Hall–Kier alpha value is -1.31. The second kappa shape index (κ2) is 4.27. The Labute approximate surface area is 85.3 Å².